The molecule has 3 aromatic rings. The first-order chi connectivity index (χ1) is 14.8. The molecule has 0 spiro atoms. The van der Waals surface area contributed by atoms with E-state index in [0.717, 1.165) is 19.0 Å². The molecule has 0 aliphatic carbocycles. The molecule has 3 heteroatoms. The zero-order chi connectivity index (χ0) is 21.1. The number of ether oxygens (including phenoxy) is 1. The summed E-state index contributed by atoms with van der Waals surface area (Å²) in [6.07, 6.45) is 7.54. The van der Waals surface area contributed by atoms with E-state index in [1.807, 2.05) is 6.92 Å². The lowest BCUT2D eigenvalue weighted by Gasteiger charge is -2.27. The third kappa shape index (κ3) is 5.46. The van der Waals surface area contributed by atoms with Gasteiger partial charge in [-0.3, -0.25) is 4.79 Å². The second kappa shape index (κ2) is 11.5. The molecule has 30 heavy (non-hydrogen) atoms. The number of hydrogen-bond donors (Lipinski definition) is 0. The summed E-state index contributed by atoms with van der Waals surface area (Å²) < 4.78 is 5.01. The lowest BCUT2D eigenvalue weighted by Crippen LogP contribution is -2.33. The van der Waals surface area contributed by atoms with Gasteiger partial charge in [-0.1, -0.05) is 66.7 Å². The Labute approximate surface area is 181 Å². The first-order valence-corrected chi connectivity index (χ1v) is 12.6. The van der Waals surface area contributed by atoms with Crippen molar-refractivity contribution in [1.29, 1.82) is 0 Å². The SMILES string of the molecule is CCOC(=O)CC/C=C\CC[P+](c1ccccc1)(c1ccccc1)c1ccccc1. The van der Waals surface area contributed by atoms with E-state index >= 15 is 0 Å². The normalized spacial score (nSPS) is 11.5. The van der Waals surface area contributed by atoms with Crippen LogP contribution in [0.25, 0.3) is 0 Å². The monoisotopic (exact) mass is 417 g/mol. The molecule has 154 valence electrons. The molecule has 0 unspecified atom stereocenters. The molecule has 0 radical (unpaired) electrons. The second-order valence-electron chi connectivity index (χ2n) is 7.14. The molecule has 0 atom stereocenters. The summed E-state index contributed by atoms with van der Waals surface area (Å²) in [6, 6.07) is 32.8. The molecule has 0 bridgehead atoms. The van der Waals surface area contributed by atoms with E-state index in [2.05, 4.69) is 103 Å². The molecular weight excluding hydrogens is 387 g/mol. The first-order valence-electron chi connectivity index (χ1n) is 10.6. The summed E-state index contributed by atoms with van der Waals surface area (Å²) in [5.41, 5.74) is 0. The Morgan fingerprint density at radius 2 is 1.17 bits per heavy atom. The zero-order valence-corrected chi connectivity index (χ0v) is 18.5. The van der Waals surface area contributed by atoms with Crippen LogP contribution in [0.4, 0.5) is 0 Å². The highest BCUT2D eigenvalue weighted by Gasteiger charge is 2.44. The van der Waals surface area contributed by atoms with E-state index in [1.165, 1.54) is 15.9 Å². The lowest BCUT2D eigenvalue weighted by atomic mass is 10.3. The molecule has 0 fully saturated rings. The van der Waals surface area contributed by atoms with Crippen molar-refractivity contribution in [2.45, 2.75) is 26.2 Å². The second-order valence-corrected chi connectivity index (χ2v) is 10.8. The van der Waals surface area contributed by atoms with E-state index in [9.17, 15) is 4.79 Å². The van der Waals surface area contributed by atoms with Crippen LogP contribution in [-0.2, 0) is 9.53 Å². The average Bonchev–Trinajstić information content (AvgIpc) is 2.81. The fourth-order valence-electron chi connectivity index (χ4n) is 3.82. The third-order valence-corrected chi connectivity index (χ3v) is 9.68. The number of hydrogen-bond acceptors (Lipinski definition) is 2. The number of allylic oxidation sites excluding steroid dienone is 2. The topological polar surface area (TPSA) is 26.3 Å². The summed E-state index contributed by atoms with van der Waals surface area (Å²) in [6.45, 7) is 2.29. The molecule has 0 heterocycles. The summed E-state index contributed by atoms with van der Waals surface area (Å²) in [5.74, 6) is -0.123. The van der Waals surface area contributed by atoms with Gasteiger partial charge in [0.2, 0.25) is 0 Å². The minimum absolute atomic E-state index is 0.123. The number of rotatable bonds is 10. The van der Waals surface area contributed by atoms with Crippen LogP contribution >= 0.6 is 7.26 Å². The molecule has 0 amide bonds. The Hall–Kier alpha value is -2.70. The van der Waals surface area contributed by atoms with Crippen LogP contribution in [0.1, 0.15) is 26.2 Å². The molecule has 0 saturated carbocycles. The Morgan fingerprint density at radius 1 is 0.733 bits per heavy atom. The van der Waals surface area contributed by atoms with Crippen molar-refractivity contribution in [3.63, 3.8) is 0 Å². The highest BCUT2D eigenvalue weighted by molar-refractivity contribution is 7.95. The van der Waals surface area contributed by atoms with Gasteiger partial charge in [0.05, 0.1) is 12.8 Å². The van der Waals surface area contributed by atoms with Gasteiger partial charge in [0.15, 0.2) is 0 Å². The fourth-order valence-corrected chi connectivity index (χ4v) is 8.07. The van der Waals surface area contributed by atoms with Crippen molar-refractivity contribution in [2.75, 3.05) is 12.8 Å². The van der Waals surface area contributed by atoms with Crippen LogP contribution in [0.2, 0.25) is 0 Å². The maximum atomic E-state index is 11.5. The van der Waals surface area contributed by atoms with Gasteiger partial charge in [0.1, 0.15) is 23.2 Å². The van der Waals surface area contributed by atoms with Gasteiger partial charge in [-0.05, 0) is 49.7 Å². The predicted molar refractivity (Wildman–Crippen MR) is 130 cm³/mol. The molecule has 0 N–H and O–H groups in total. The van der Waals surface area contributed by atoms with Crippen LogP contribution < -0.4 is 15.9 Å². The van der Waals surface area contributed by atoms with Crippen LogP contribution in [0.5, 0.6) is 0 Å². The van der Waals surface area contributed by atoms with E-state index in [1.54, 1.807) is 0 Å². The summed E-state index contributed by atoms with van der Waals surface area (Å²) in [4.78, 5) is 11.5. The van der Waals surface area contributed by atoms with Gasteiger partial charge < -0.3 is 4.74 Å². The number of carbonyl (C=O) groups is 1. The maximum Gasteiger partial charge on any atom is 0.306 e. The Morgan fingerprint density at radius 3 is 1.60 bits per heavy atom. The third-order valence-electron chi connectivity index (χ3n) is 5.21. The number of benzene rings is 3. The fraction of sp³-hybridized carbons (Fsp3) is 0.222. The van der Waals surface area contributed by atoms with E-state index in [-0.39, 0.29) is 5.97 Å². The van der Waals surface area contributed by atoms with Crippen molar-refractivity contribution in [1.82, 2.24) is 0 Å². The Bertz CT molecular complexity index is 824. The van der Waals surface area contributed by atoms with Crippen molar-refractivity contribution >= 4 is 29.1 Å². The minimum Gasteiger partial charge on any atom is -0.466 e. The quantitative estimate of drug-likeness (QED) is 0.255. The van der Waals surface area contributed by atoms with Gasteiger partial charge in [0.25, 0.3) is 0 Å². The number of carbonyl (C=O) groups excluding carboxylic acids is 1. The lowest BCUT2D eigenvalue weighted by molar-refractivity contribution is -0.143. The van der Waals surface area contributed by atoms with Gasteiger partial charge >= 0.3 is 5.97 Å². The zero-order valence-electron chi connectivity index (χ0n) is 17.6. The standard InChI is InChI=1S/C27H30O2P/c1-2-29-27(28)22-14-3-4-15-23-30(24-16-8-5-9-17-24,25-18-10-6-11-19-25)26-20-12-7-13-21-26/h3-13,16-21H,2,14-15,22-23H2,1H3/q+1/b4-3-. The van der Waals surface area contributed by atoms with E-state index in [4.69, 9.17) is 4.74 Å². The molecule has 0 saturated heterocycles. The van der Waals surface area contributed by atoms with E-state index < -0.39 is 7.26 Å². The molecule has 0 aromatic heterocycles. The molecule has 3 aromatic carbocycles. The molecule has 3 rings (SSSR count). The van der Waals surface area contributed by atoms with Crippen LogP contribution in [-0.4, -0.2) is 18.7 Å². The summed E-state index contributed by atoms with van der Waals surface area (Å²) in [7, 11) is -1.77. The van der Waals surface area contributed by atoms with Crippen LogP contribution in [0.3, 0.4) is 0 Å². The van der Waals surface area contributed by atoms with Crippen molar-refractivity contribution in [3.05, 3.63) is 103 Å². The molecule has 0 aliphatic heterocycles. The molecule has 2 nitrogen and oxygen atoms in total. The van der Waals surface area contributed by atoms with Gasteiger partial charge in [-0.25, -0.2) is 0 Å². The van der Waals surface area contributed by atoms with Crippen LogP contribution in [0.15, 0.2) is 103 Å². The summed E-state index contributed by atoms with van der Waals surface area (Å²) >= 11 is 0. The maximum absolute atomic E-state index is 11.5. The predicted octanol–water partition coefficient (Wildman–Crippen LogP) is 5.27. The van der Waals surface area contributed by atoms with Crippen molar-refractivity contribution in [3.8, 4) is 0 Å². The van der Waals surface area contributed by atoms with Crippen LogP contribution in [0, 0.1) is 0 Å². The minimum atomic E-state index is -1.77. The Balaban J connectivity index is 1.89. The van der Waals surface area contributed by atoms with E-state index in [0.29, 0.717) is 13.0 Å². The highest BCUT2D eigenvalue weighted by Crippen LogP contribution is 2.55. The largest absolute Gasteiger partial charge is 0.466 e. The smallest absolute Gasteiger partial charge is 0.306 e. The average molecular weight is 418 g/mol. The summed E-state index contributed by atoms with van der Waals surface area (Å²) in [5, 5.41) is 4.21. The van der Waals surface area contributed by atoms with Gasteiger partial charge in [-0.15, -0.1) is 0 Å². The first kappa shape index (κ1) is 22.0. The molecular formula is C27H30O2P+. The van der Waals surface area contributed by atoms with Crippen molar-refractivity contribution < 1.29 is 9.53 Å². The Kier molecular flexibility index (Phi) is 8.41. The van der Waals surface area contributed by atoms with Gasteiger partial charge in [-0.2, -0.15) is 0 Å². The highest BCUT2D eigenvalue weighted by atomic mass is 31.2. The molecule has 0 aliphatic rings. The van der Waals surface area contributed by atoms with Crippen molar-refractivity contribution in [2.24, 2.45) is 0 Å². The number of esters is 1. The van der Waals surface area contributed by atoms with Gasteiger partial charge in [0, 0.05) is 12.8 Å².